The third-order valence-corrected chi connectivity index (χ3v) is 4.73. The van der Waals surface area contributed by atoms with Crippen LogP contribution in [0.15, 0.2) is 36.4 Å². The highest BCUT2D eigenvalue weighted by Gasteiger charge is 2.24. The van der Waals surface area contributed by atoms with Crippen molar-refractivity contribution in [3.8, 4) is 11.5 Å². The fraction of sp³-hybridized carbons (Fsp3) is 0.364. The predicted octanol–water partition coefficient (Wildman–Crippen LogP) is 3.92. The summed E-state index contributed by atoms with van der Waals surface area (Å²) in [7, 11) is 1.37. The lowest BCUT2D eigenvalue weighted by molar-refractivity contribution is -0.385. The van der Waals surface area contributed by atoms with Gasteiger partial charge in [-0.05, 0) is 31.0 Å². The van der Waals surface area contributed by atoms with E-state index in [9.17, 15) is 19.7 Å². The van der Waals surface area contributed by atoms with Gasteiger partial charge in [0.2, 0.25) is 5.91 Å². The van der Waals surface area contributed by atoms with Gasteiger partial charge in [-0.1, -0.05) is 26.0 Å². The van der Waals surface area contributed by atoms with Gasteiger partial charge in [0, 0.05) is 24.2 Å². The molecule has 1 atom stereocenters. The summed E-state index contributed by atoms with van der Waals surface area (Å²) < 4.78 is 10.6. The van der Waals surface area contributed by atoms with Crippen molar-refractivity contribution in [2.24, 2.45) is 5.92 Å². The molecule has 9 heteroatoms. The number of rotatable bonds is 10. The van der Waals surface area contributed by atoms with Gasteiger partial charge in [-0.3, -0.25) is 19.7 Å². The number of hydrogen-bond acceptors (Lipinski definition) is 6. The summed E-state index contributed by atoms with van der Waals surface area (Å²) in [5, 5.41) is 17.0. The molecule has 0 bridgehead atoms. The molecule has 166 valence electrons. The summed E-state index contributed by atoms with van der Waals surface area (Å²) in [5.74, 6) is -0.394. The van der Waals surface area contributed by atoms with Gasteiger partial charge in [0.05, 0.1) is 24.7 Å². The van der Waals surface area contributed by atoms with E-state index in [4.69, 9.17) is 9.47 Å². The van der Waals surface area contributed by atoms with E-state index in [1.54, 1.807) is 31.2 Å². The Hall–Kier alpha value is -3.62. The van der Waals surface area contributed by atoms with Crippen LogP contribution in [0.4, 0.5) is 11.4 Å². The van der Waals surface area contributed by atoms with Crippen LogP contribution in [0, 0.1) is 16.0 Å². The quantitative estimate of drug-likeness (QED) is 0.436. The molecule has 2 aromatic carbocycles. The van der Waals surface area contributed by atoms with Gasteiger partial charge in [-0.2, -0.15) is 0 Å². The van der Waals surface area contributed by atoms with Gasteiger partial charge >= 0.3 is 0 Å². The van der Waals surface area contributed by atoms with Gasteiger partial charge in [0.1, 0.15) is 5.56 Å². The first-order chi connectivity index (χ1) is 14.8. The van der Waals surface area contributed by atoms with Crippen LogP contribution in [-0.4, -0.2) is 30.5 Å². The SMILES string of the molecule is CCOc1cc(C(=O)NCc2cccc(NC(=O)C(C)CC)c2)c([N+](=O)[O-])cc1OC. The van der Waals surface area contributed by atoms with Crippen molar-refractivity contribution in [1.29, 1.82) is 0 Å². The highest BCUT2D eigenvalue weighted by Crippen LogP contribution is 2.34. The number of anilines is 1. The second-order valence-corrected chi connectivity index (χ2v) is 6.89. The Morgan fingerprint density at radius 2 is 1.90 bits per heavy atom. The molecule has 2 rings (SSSR count). The predicted molar refractivity (Wildman–Crippen MR) is 117 cm³/mol. The molecule has 0 spiro atoms. The molecule has 2 aromatic rings. The first kappa shape index (κ1) is 23.7. The van der Waals surface area contributed by atoms with Crippen LogP contribution < -0.4 is 20.1 Å². The Balaban J connectivity index is 2.19. The molecular weight excluding hydrogens is 402 g/mol. The summed E-state index contributed by atoms with van der Waals surface area (Å²) in [4.78, 5) is 35.6. The Labute approximate surface area is 180 Å². The molecule has 0 aliphatic rings. The van der Waals surface area contributed by atoms with Crippen molar-refractivity contribution in [1.82, 2.24) is 5.32 Å². The first-order valence-electron chi connectivity index (χ1n) is 9.97. The van der Waals surface area contributed by atoms with Crippen LogP contribution in [0.25, 0.3) is 0 Å². The number of nitro groups is 1. The van der Waals surface area contributed by atoms with E-state index in [-0.39, 0.29) is 41.1 Å². The highest BCUT2D eigenvalue weighted by molar-refractivity contribution is 5.99. The minimum absolute atomic E-state index is 0.0824. The third-order valence-electron chi connectivity index (χ3n) is 4.73. The van der Waals surface area contributed by atoms with E-state index < -0.39 is 10.8 Å². The number of nitrogens with one attached hydrogen (secondary N) is 2. The molecule has 2 amide bonds. The standard InChI is InChI=1S/C22H27N3O6/c1-5-14(3)21(26)24-16-9-7-8-15(10-16)13-23-22(27)17-11-20(31-6-2)19(30-4)12-18(17)25(28)29/h7-12,14H,5-6,13H2,1-4H3,(H,23,27)(H,24,26). The molecule has 0 aromatic heterocycles. The molecule has 0 radical (unpaired) electrons. The number of hydrogen-bond donors (Lipinski definition) is 2. The lowest BCUT2D eigenvalue weighted by Crippen LogP contribution is -2.24. The maximum absolute atomic E-state index is 12.7. The number of nitro benzene ring substituents is 1. The Morgan fingerprint density at radius 3 is 2.52 bits per heavy atom. The topological polar surface area (TPSA) is 120 Å². The molecule has 0 aliphatic carbocycles. The normalized spacial score (nSPS) is 11.4. The van der Waals surface area contributed by atoms with Gasteiger partial charge in [0.25, 0.3) is 11.6 Å². The summed E-state index contributed by atoms with van der Waals surface area (Å²) in [6.45, 7) is 5.97. The van der Waals surface area contributed by atoms with Crippen LogP contribution in [-0.2, 0) is 11.3 Å². The van der Waals surface area contributed by atoms with Crippen LogP contribution >= 0.6 is 0 Å². The van der Waals surface area contributed by atoms with Crippen molar-refractivity contribution in [3.63, 3.8) is 0 Å². The number of amides is 2. The smallest absolute Gasteiger partial charge is 0.286 e. The van der Waals surface area contributed by atoms with E-state index in [0.29, 0.717) is 12.3 Å². The van der Waals surface area contributed by atoms with Gasteiger partial charge in [-0.25, -0.2) is 0 Å². The van der Waals surface area contributed by atoms with Crippen LogP contribution in [0.1, 0.15) is 43.1 Å². The number of carbonyl (C=O) groups excluding carboxylic acids is 2. The van der Waals surface area contributed by atoms with Gasteiger partial charge in [0.15, 0.2) is 11.5 Å². The minimum atomic E-state index is -0.641. The second-order valence-electron chi connectivity index (χ2n) is 6.89. The van der Waals surface area contributed by atoms with Crippen LogP contribution in [0.3, 0.4) is 0 Å². The average molecular weight is 429 g/mol. The lowest BCUT2D eigenvalue weighted by atomic mass is 10.1. The Bertz CT molecular complexity index is 960. The molecule has 0 saturated carbocycles. The first-order valence-corrected chi connectivity index (χ1v) is 9.97. The molecule has 9 nitrogen and oxygen atoms in total. The maximum Gasteiger partial charge on any atom is 0.286 e. The number of ether oxygens (including phenoxy) is 2. The molecule has 1 unspecified atom stereocenters. The maximum atomic E-state index is 12.7. The minimum Gasteiger partial charge on any atom is -0.493 e. The summed E-state index contributed by atoms with van der Waals surface area (Å²) in [5.41, 5.74) is 0.838. The highest BCUT2D eigenvalue weighted by atomic mass is 16.6. The van der Waals surface area contributed by atoms with Crippen LogP contribution in [0.5, 0.6) is 11.5 Å². The number of carbonyl (C=O) groups is 2. The fourth-order valence-corrected chi connectivity index (χ4v) is 2.80. The third kappa shape index (κ3) is 6.18. The zero-order valence-corrected chi connectivity index (χ0v) is 18.1. The van der Waals surface area contributed by atoms with Gasteiger partial charge in [-0.15, -0.1) is 0 Å². The monoisotopic (exact) mass is 429 g/mol. The Kier molecular flexibility index (Phi) is 8.36. The van der Waals surface area contributed by atoms with Crippen molar-refractivity contribution >= 4 is 23.2 Å². The summed E-state index contributed by atoms with van der Waals surface area (Å²) in [6, 6.07) is 9.52. The van der Waals surface area contributed by atoms with E-state index in [1.165, 1.54) is 19.2 Å². The zero-order chi connectivity index (χ0) is 23.0. The number of methoxy groups -OCH3 is 1. The van der Waals surface area contributed by atoms with Crippen molar-refractivity contribution < 1.29 is 24.0 Å². The lowest BCUT2D eigenvalue weighted by Gasteiger charge is -2.13. The summed E-state index contributed by atoms with van der Waals surface area (Å²) in [6.07, 6.45) is 0.728. The van der Waals surface area contributed by atoms with Crippen molar-refractivity contribution in [3.05, 3.63) is 57.6 Å². The summed E-state index contributed by atoms with van der Waals surface area (Å²) >= 11 is 0. The molecule has 0 aliphatic heterocycles. The van der Waals surface area contributed by atoms with Gasteiger partial charge < -0.3 is 20.1 Å². The average Bonchev–Trinajstić information content (AvgIpc) is 2.76. The number of benzene rings is 2. The molecule has 0 heterocycles. The number of nitrogens with zero attached hydrogens (tertiary/aromatic N) is 1. The molecular formula is C22H27N3O6. The largest absolute Gasteiger partial charge is 0.493 e. The Morgan fingerprint density at radius 1 is 1.16 bits per heavy atom. The van der Waals surface area contributed by atoms with Crippen molar-refractivity contribution in [2.45, 2.75) is 33.7 Å². The molecule has 31 heavy (non-hydrogen) atoms. The fourth-order valence-electron chi connectivity index (χ4n) is 2.80. The van der Waals surface area contributed by atoms with Crippen LogP contribution in [0.2, 0.25) is 0 Å². The molecule has 2 N–H and O–H groups in total. The van der Waals surface area contributed by atoms with Crippen molar-refractivity contribution in [2.75, 3.05) is 19.0 Å². The van der Waals surface area contributed by atoms with E-state index in [1.807, 2.05) is 13.8 Å². The molecule has 0 saturated heterocycles. The molecule has 0 fully saturated rings. The second kappa shape index (κ2) is 11.0. The van der Waals surface area contributed by atoms with E-state index in [0.717, 1.165) is 12.0 Å². The zero-order valence-electron chi connectivity index (χ0n) is 18.1. The van der Waals surface area contributed by atoms with E-state index >= 15 is 0 Å². The van der Waals surface area contributed by atoms with E-state index in [2.05, 4.69) is 10.6 Å².